The second-order valence-corrected chi connectivity index (χ2v) is 6.16. The summed E-state index contributed by atoms with van der Waals surface area (Å²) in [5.41, 5.74) is 5.44. The van der Waals surface area contributed by atoms with Crippen LogP contribution in [0.3, 0.4) is 0 Å². The molecule has 0 spiro atoms. The molecule has 1 aromatic carbocycles. The lowest BCUT2D eigenvalue weighted by atomic mass is 9.97. The predicted octanol–water partition coefficient (Wildman–Crippen LogP) is 3.05. The SMILES string of the molecule is Cc1cc(C)c(C2=C[N+]3(N)N=C(c4ccco4)N=C3C=N2)c(C)c1. The molecular formula is C18H18N5O+. The van der Waals surface area contributed by atoms with Crippen LogP contribution in [0.15, 0.2) is 56.2 Å². The number of fused-ring (bicyclic) bond motifs is 1. The smallest absolute Gasteiger partial charge is 0.300 e. The highest BCUT2D eigenvalue weighted by molar-refractivity contribution is 6.32. The van der Waals surface area contributed by atoms with Crippen molar-refractivity contribution in [1.82, 2.24) is 0 Å². The zero-order valence-corrected chi connectivity index (χ0v) is 13.8. The Balaban J connectivity index is 1.81. The summed E-state index contributed by atoms with van der Waals surface area (Å²) in [5.74, 6) is 8.05. The van der Waals surface area contributed by atoms with E-state index in [4.69, 9.17) is 10.3 Å². The summed E-state index contributed by atoms with van der Waals surface area (Å²) >= 11 is 0. The summed E-state index contributed by atoms with van der Waals surface area (Å²) in [6, 6.07) is 7.89. The van der Waals surface area contributed by atoms with Gasteiger partial charge in [0.15, 0.2) is 12.0 Å². The maximum atomic E-state index is 6.43. The van der Waals surface area contributed by atoms with Crippen LogP contribution < -0.4 is 5.84 Å². The zero-order valence-electron chi connectivity index (χ0n) is 13.8. The van der Waals surface area contributed by atoms with Gasteiger partial charge in [-0.1, -0.05) is 17.7 Å². The molecule has 0 bridgehead atoms. The predicted molar refractivity (Wildman–Crippen MR) is 94.2 cm³/mol. The monoisotopic (exact) mass is 320 g/mol. The molecule has 3 heterocycles. The number of aryl methyl sites for hydroxylation is 3. The fraction of sp³-hybridized carbons (Fsp3) is 0.167. The largest absolute Gasteiger partial charge is 0.461 e. The standard InChI is InChI=1S/C18H18N5O/c1-11-7-12(2)17(13(3)8-11)14-10-23(19)16(9-20-14)21-18(22-23)15-5-4-6-24-15/h4-10H,19H2,1-3H3/q+1. The Morgan fingerprint density at radius 3 is 2.54 bits per heavy atom. The first-order valence-electron chi connectivity index (χ1n) is 7.72. The Labute approximate surface area is 139 Å². The minimum Gasteiger partial charge on any atom is -0.461 e. The summed E-state index contributed by atoms with van der Waals surface area (Å²) in [6.45, 7) is 6.25. The highest BCUT2D eigenvalue weighted by Gasteiger charge is 2.40. The van der Waals surface area contributed by atoms with Crippen LogP contribution in [0.1, 0.15) is 28.0 Å². The van der Waals surface area contributed by atoms with E-state index in [9.17, 15) is 0 Å². The maximum absolute atomic E-state index is 6.43. The molecule has 2 aromatic rings. The van der Waals surface area contributed by atoms with Gasteiger partial charge in [-0.3, -0.25) is 0 Å². The molecule has 1 aromatic heterocycles. The van der Waals surface area contributed by atoms with Crippen molar-refractivity contribution in [2.24, 2.45) is 20.9 Å². The lowest BCUT2D eigenvalue weighted by Crippen LogP contribution is -2.50. The van der Waals surface area contributed by atoms with Gasteiger partial charge in [0.2, 0.25) is 0 Å². The topological polar surface area (TPSA) is 76.2 Å². The van der Waals surface area contributed by atoms with Crippen molar-refractivity contribution < 1.29 is 9.12 Å². The normalized spacial score (nSPS) is 22.1. The average molecular weight is 320 g/mol. The molecule has 0 aliphatic carbocycles. The first kappa shape index (κ1) is 14.7. The number of quaternary nitrogens is 1. The second-order valence-electron chi connectivity index (χ2n) is 6.16. The van der Waals surface area contributed by atoms with E-state index in [0.717, 1.165) is 22.4 Å². The molecule has 4 rings (SSSR count). The molecule has 2 N–H and O–H groups in total. The Morgan fingerprint density at radius 2 is 1.88 bits per heavy atom. The van der Waals surface area contributed by atoms with E-state index in [2.05, 4.69) is 48.0 Å². The number of aliphatic imine (C=N–C) groups is 2. The molecule has 1 atom stereocenters. The van der Waals surface area contributed by atoms with Crippen molar-refractivity contribution in [1.29, 1.82) is 0 Å². The van der Waals surface area contributed by atoms with E-state index in [-0.39, 0.29) is 4.70 Å². The lowest BCUT2D eigenvalue weighted by Gasteiger charge is -2.21. The van der Waals surface area contributed by atoms with Crippen molar-refractivity contribution in [2.45, 2.75) is 20.8 Å². The van der Waals surface area contributed by atoms with E-state index in [1.165, 1.54) is 5.56 Å². The van der Waals surface area contributed by atoms with Crippen molar-refractivity contribution in [3.05, 3.63) is 64.7 Å². The quantitative estimate of drug-likeness (QED) is 0.682. The molecule has 120 valence electrons. The number of rotatable bonds is 2. The van der Waals surface area contributed by atoms with Gasteiger partial charge in [-0.25, -0.2) is 4.99 Å². The molecule has 0 amide bonds. The van der Waals surface area contributed by atoms with Gasteiger partial charge >= 0.3 is 0 Å². The molecule has 6 heteroatoms. The van der Waals surface area contributed by atoms with Crippen molar-refractivity contribution in [2.75, 3.05) is 0 Å². The molecular weight excluding hydrogens is 302 g/mol. The Bertz CT molecular complexity index is 927. The van der Waals surface area contributed by atoms with Gasteiger partial charge in [0, 0.05) is 5.56 Å². The molecule has 0 saturated heterocycles. The van der Waals surface area contributed by atoms with Gasteiger partial charge in [-0.15, -0.1) is 5.84 Å². The summed E-state index contributed by atoms with van der Waals surface area (Å²) in [6.07, 6.45) is 5.08. The Morgan fingerprint density at radius 1 is 1.12 bits per heavy atom. The van der Waals surface area contributed by atoms with Crippen molar-refractivity contribution in [3.63, 3.8) is 0 Å². The third-order valence-electron chi connectivity index (χ3n) is 4.16. The number of amidine groups is 2. The molecule has 24 heavy (non-hydrogen) atoms. The van der Waals surface area contributed by atoms with Crippen LogP contribution in [0.25, 0.3) is 5.70 Å². The van der Waals surface area contributed by atoms with E-state index in [1.54, 1.807) is 18.5 Å². The van der Waals surface area contributed by atoms with Crippen molar-refractivity contribution >= 4 is 23.6 Å². The molecule has 2 aliphatic rings. The fourth-order valence-corrected chi connectivity index (χ4v) is 3.21. The highest BCUT2D eigenvalue weighted by atomic mass is 16.3. The summed E-state index contributed by atoms with van der Waals surface area (Å²) in [7, 11) is 0. The minimum absolute atomic E-state index is 0.248. The summed E-state index contributed by atoms with van der Waals surface area (Å²) < 4.78 is 5.11. The average Bonchev–Trinajstić information content (AvgIpc) is 3.11. The van der Waals surface area contributed by atoms with E-state index < -0.39 is 0 Å². The zero-order chi connectivity index (χ0) is 16.9. The molecule has 0 fully saturated rings. The number of hydrogen-bond acceptors (Lipinski definition) is 5. The van der Waals surface area contributed by atoms with Gasteiger partial charge in [0.1, 0.15) is 11.9 Å². The van der Waals surface area contributed by atoms with E-state index in [0.29, 0.717) is 17.4 Å². The van der Waals surface area contributed by atoms with Crippen LogP contribution in [-0.2, 0) is 0 Å². The molecule has 1 unspecified atom stereocenters. The third kappa shape index (κ3) is 2.24. The first-order valence-corrected chi connectivity index (χ1v) is 7.72. The first-order chi connectivity index (χ1) is 11.5. The molecule has 6 nitrogen and oxygen atoms in total. The van der Waals surface area contributed by atoms with Crippen LogP contribution in [-0.4, -0.2) is 22.6 Å². The van der Waals surface area contributed by atoms with Crippen LogP contribution in [0.2, 0.25) is 0 Å². The lowest BCUT2D eigenvalue weighted by molar-refractivity contribution is -0.802. The molecule has 2 aliphatic heterocycles. The van der Waals surface area contributed by atoms with Crippen LogP contribution in [0, 0.1) is 20.8 Å². The molecule has 0 radical (unpaired) electrons. The number of furan rings is 1. The van der Waals surface area contributed by atoms with Crippen LogP contribution in [0.4, 0.5) is 0 Å². The van der Waals surface area contributed by atoms with Gasteiger partial charge < -0.3 is 4.42 Å². The van der Waals surface area contributed by atoms with Gasteiger partial charge in [0.25, 0.3) is 11.7 Å². The minimum atomic E-state index is -0.248. The van der Waals surface area contributed by atoms with E-state index >= 15 is 0 Å². The Hall–Kier alpha value is -2.83. The number of hydrogen-bond donors (Lipinski definition) is 1. The van der Waals surface area contributed by atoms with Crippen LogP contribution in [0.5, 0.6) is 0 Å². The Kier molecular flexibility index (Phi) is 3.13. The number of nitrogens with two attached hydrogens (primary N) is 1. The fourth-order valence-electron chi connectivity index (χ4n) is 3.21. The van der Waals surface area contributed by atoms with Gasteiger partial charge in [-0.2, -0.15) is 4.99 Å². The summed E-state index contributed by atoms with van der Waals surface area (Å²) in [4.78, 5) is 9.00. The third-order valence-corrected chi connectivity index (χ3v) is 4.16. The molecule has 0 saturated carbocycles. The van der Waals surface area contributed by atoms with E-state index in [1.807, 2.05) is 12.3 Å². The van der Waals surface area contributed by atoms with Crippen molar-refractivity contribution in [3.8, 4) is 0 Å². The number of nitrogens with zero attached hydrogens (tertiary/aromatic N) is 4. The highest BCUT2D eigenvalue weighted by Crippen LogP contribution is 2.30. The second kappa shape index (κ2) is 5.09. The van der Waals surface area contributed by atoms with Gasteiger partial charge in [0.05, 0.1) is 6.26 Å². The van der Waals surface area contributed by atoms with Crippen LogP contribution >= 0.6 is 0 Å². The summed E-state index contributed by atoms with van der Waals surface area (Å²) in [5, 5.41) is 4.50. The maximum Gasteiger partial charge on any atom is 0.300 e. The number of benzene rings is 1. The van der Waals surface area contributed by atoms with Gasteiger partial charge in [-0.05, 0) is 53.8 Å².